The summed E-state index contributed by atoms with van der Waals surface area (Å²) < 4.78 is 12.9. The Hall–Kier alpha value is -3.00. The molecule has 1 N–H and O–H groups in total. The smallest absolute Gasteiger partial charge is 0.279 e. The van der Waals surface area contributed by atoms with E-state index in [0.717, 1.165) is 30.4 Å². The Balaban J connectivity index is 1.38. The lowest BCUT2D eigenvalue weighted by Gasteiger charge is -2.02. The molecule has 25 heavy (non-hydrogen) atoms. The average molecular weight is 336 g/mol. The fourth-order valence-corrected chi connectivity index (χ4v) is 3.15. The first-order valence-electron chi connectivity index (χ1n) is 8.28. The number of hydrogen-bond acceptors (Lipinski definition) is 7. The van der Waals surface area contributed by atoms with Crippen molar-refractivity contribution < 1.29 is 8.94 Å². The van der Waals surface area contributed by atoms with Crippen molar-refractivity contribution in [2.45, 2.75) is 25.4 Å². The highest BCUT2D eigenvalue weighted by Gasteiger charge is 2.23. The number of nitrogens with zero attached hydrogens (tertiary/aromatic N) is 5. The van der Waals surface area contributed by atoms with Crippen LogP contribution >= 0.6 is 0 Å². The van der Waals surface area contributed by atoms with E-state index in [4.69, 9.17) is 8.94 Å². The molecule has 4 aromatic rings. The van der Waals surface area contributed by atoms with E-state index in [-0.39, 0.29) is 6.04 Å². The zero-order valence-corrected chi connectivity index (χ0v) is 13.4. The van der Waals surface area contributed by atoms with Gasteiger partial charge in [-0.2, -0.15) is 4.98 Å². The van der Waals surface area contributed by atoms with Crippen LogP contribution in [-0.4, -0.2) is 31.2 Å². The lowest BCUT2D eigenvalue weighted by molar-refractivity contribution is 0.419. The number of benzene rings is 1. The van der Waals surface area contributed by atoms with Crippen LogP contribution in [-0.2, 0) is 6.54 Å². The van der Waals surface area contributed by atoms with Crippen molar-refractivity contribution >= 4 is 11.0 Å². The molecule has 0 amide bonds. The number of oxazole rings is 1. The summed E-state index contributed by atoms with van der Waals surface area (Å²) in [5.41, 5.74) is 2.54. The van der Waals surface area contributed by atoms with Gasteiger partial charge in [0.25, 0.3) is 5.89 Å². The van der Waals surface area contributed by atoms with Gasteiger partial charge in [0.15, 0.2) is 11.5 Å². The van der Waals surface area contributed by atoms with Crippen molar-refractivity contribution in [3.63, 3.8) is 0 Å². The summed E-state index contributed by atoms with van der Waals surface area (Å²) in [4.78, 5) is 13.3. The summed E-state index contributed by atoms with van der Waals surface area (Å²) in [6.07, 6.45) is 5.51. The minimum absolute atomic E-state index is 0.174. The molecule has 0 saturated carbocycles. The van der Waals surface area contributed by atoms with Crippen LogP contribution in [0.15, 0.2) is 45.8 Å². The van der Waals surface area contributed by atoms with E-state index in [0.29, 0.717) is 29.8 Å². The number of aromatic nitrogens is 5. The van der Waals surface area contributed by atoms with Crippen LogP contribution in [0.2, 0.25) is 0 Å². The molecule has 126 valence electrons. The van der Waals surface area contributed by atoms with Crippen molar-refractivity contribution in [1.82, 2.24) is 30.0 Å². The molecule has 0 bridgehead atoms. The lowest BCUT2D eigenvalue weighted by Crippen LogP contribution is -2.12. The highest BCUT2D eigenvalue weighted by Crippen LogP contribution is 2.25. The summed E-state index contributed by atoms with van der Waals surface area (Å²) >= 11 is 0. The Kier molecular flexibility index (Phi) is 3.34. The number of fused-ring (bicyclic) bond motifs is 1. The summed E-state index contributed by atoms with van der Waals surface area (Å²) in [5, 5.41) is 7.41. The maximum Gasteiger partial charge on any atom is 0.279 e. The Morgan fingerprint density at radius 2 is 2.20 bits per heavy atom. The molecule has 0 radical (unpaired) electrons. The number of para-hydroxylation sites is 2. The van der Waals surface area contributed by atoms with Crippen molar-refractivity contribution in [3.05, 3.63) is 48.6 Å². The monoisotopic (exact) mass is 336 g/mol. The SMILES string of the molecule is c1ccc2c(c1)ncn2Cc1noc(-c2coc([C@@H]3CCCN3)n2)n1. The van der Waals surface area contributed by atoms with Crippen molar-refractivity contribution in [3.8, 4) is 11.6 Å². The van der Waals surface area contributed by atoms with Crippen LogP contribution in [0, 0.1) is 0 Å². The molecule has 0 unspecified atom stereocenters. The fraction of sp³-hybridized carbons (Fsp3) is 0.294. The third kappa shape index (κ3) is 2.60. The van der Waals surface area contributed by atoms with E-state index < -0.39 is 0 Å². The van der Waals surface area contributed by atoms with E-state index in [2.05, 4.69) is 25.4 Å². The van der Waals surface area contributed by atoms with E-state index in [1.807, 2.05) is 28.8 Å². The number of rotatable bonds is 4. The molecule has 1 saturated heterocycles. The van der Waals surface area contributed by atoms with E-state index >= 15 is 0 Å². The summed E-state index contributed by atoms with van der Waals surface area (Å²) in [6, 6.07) is 8.11. The normalized spacial score (nSPS) is 17.5. The zero-order chi connectivity index (χ0) is 16.6. The topological polar surface area (TPSA) is 94.8 Å². The van der Waals surface area contributed by atoms with Crippen molar-refractivity contribution in [2.75, 3.05) is 6.54 Å². The molecule has 4 heterocycles. The average Bonchev–Trinajstić information content (AvgIpc) is 3.42. The summed E-state index contributed by atoms with van der Waals surface area (Å²) in [6.45, 7) is 1.48. The van der Waals surface area contributed by atoms with Gasteiger partial charge in [0.1, 0.15) is 6.26 Å². The van der Waals surface area contributed by atoms with E-state index in [1.54, 1.807) is 12.6 Å². The largest absolute Gasteiger partial charge is 0.446 e. The Morgan fingerprint density at radius 3 is 3.12 bits per heavy atom. The molecule has 0 aliphatic carbocycles. The minimum Gasteiger partial charge on any atom is -0.446 e. The van der Waals surface area contributed by atoms with Crippen LogP contribution in [0.1, 0.15) is 30.6 Å². The van der Waals surface area contributed by atoms with Gasteiger partial charge in [-0.3, -0.25) is 0 Å². The fourth-order valence-electron chi connectivity index (χ4n) is 3.15. The molecule has 1 aromatic carbocycles. The zero-order valence-electron chi connectivity index (χ0n) is 13.4. The third-order valence-electron chi connectivity index (χ3n) is 4.41. The lowest BCUT2D eigenvalue weighted by atomic mass is 10.2. The van der Waals surface area contributed by atoms with Gasteiger partial charge in [-0.25, -0.2) is 9.97 Å². The molecule has 5 rings (SSSR count). The number of nitrogens with one attached hydrogen (secondary N) is 1. The van der Waals surface area contributed by atoms with Crippen molar-refractivity contribution in [1.29, 1.82) is 0 Å². The second kappa shape index (κ2) is 5.82. The molecule has 1 aliphatic rings. The maximum atomic E-state index is 5.56. The van der Waals surface area contributed by atoms with E-state index in [9.17, 15) is 0 Å². The highest BCUT2D eigenvalue weighted by molar-refractivity contribution is 5.74. The Labute approximate surface area is 142 Å². The third-order valence-corrected chi connectivity index (χ3v) is 4.41. The predicted molar refractivity (Wildman–Crippen MR) is 88.6 cm³/mol. The first kappa shape index (κ1) is 14.4. The molecule has 8 heteroatoms. The molecule has 0 spiro atoms. The Morgan fingerprint density at radius 1 is 1.24 bits per heavy atom. The van der Waals surface area contributed by atoms with Crippen LogP contribution in [0.5, 0.6) is 0 Å². The first-order valence-corrected chi connectivity index (χ1v) is 8.28. The van der Waals surface area contributed by atoms with Crippen LogP contribution < -0.4 is 5.32 Å². The van der Waals surface area contributed by atoms with Gasteiger partial charge in [-0.05, 0) is 31.5 Å². The molecule has 1 aliphatic heterocycles. The molecular formula is C17H16N6O2. The van der Waals surface area contributed by atoms with Crippen molar-refractivity contribution in [2.24, 2.45) is 0 Å². The Bertz CT molecular complexity index is 1010. The van der Waals surface area contributed by atoms with Gasteiger partial charge in [0, 0.05) is 0 Å². The minimum atomic E-state index is 0.174. The second-order valence-corrected chi connectivity index (χ2v) is 6.10. The van der Waals surface area contributed by atoms with Crippen LogP contribution in [0.3, 0.4) is 0 Å². The molecule has 8 nitrogen and oxygen atoms in total. The second-order valence-electron chi connectivity index (χ2n) is 6.10. The standard InChI is InChI=1S/C17H16N6O2/c1-2-6-14-11(4-1)19-10-23(14)8-15-21-17(25-22-15)13-9-24-16(20-13)12-5-3-7-18-12/h1-2,4,6,9-10,12,18H,3,5,7-8H2/t12-/m0/s1. The first-order chi connectivity index (χ1) is 12.4. The predicted octanol–water partition coefficient (Wildman–Crippen LogP) is 2.55. The summed E-state index contributed by atoms with van der Waals surface area (Å²) in [5.74, 6) is 1.61. The van der Waals surface area contributed by atoms with Gasteiger partial charge in [-0.15, -0.1) is 0 Å². The molecule has 3 aromatic heterocycles. The van der Waals surface area contributed by atoms with Crippen LogP contribution in [0.4, 0.5) is 0 Å². The molecule has 1 atom stereocenters. The van der Waals surface area contributed by atoms with E-state index in [1.165, 1.54) is 0 Å². The van der Waals surface area contributed by atoms with Gasteiger partial charge < -0.3 is 18.8 Å². The van der Waals surface area contributed by atoms with Gasteiger partial charge in [0.2, 0.25) is 5.89 Å². The van der Waals surface area contributed by atoms with Gasteiger partial charge >= 0.3 is 0 Å². The quantitative estimate of drug-likeness (QED) is 0.612. The van der Waals surface area contributed by atoms with Gasteiger partial charge in [-0.1, -0.05) is 17.3 Å². The van der Waals surface area contributed by atoms with Gasteiger partial charge in [0.05, 0.1) is 29.9 Å². The molecular weight excluding hydrogens is 320 g/mol. The van der Waals surface area contributed by atoms with Crippen LogP contribution in [0.25, 0.3) is 22.6 Å². The number of imidazole rings is 1. The maximum absolute atomic E-state index is 5.56. The number of hydrogen-bond donors (Lipinski definition) is 1. The molecule has 1 fully saturated rings. The summed E-state index contributed by atoms with van der Waals surface area (Å²) in [7, 11) is 0. The highest BCUT2D eigenvalue weighted by atomic mass is 16.5.